The molecule has 3 heterocycles. The van der Waals surface area contributed by atoms with Gasteiger partial charge in [-0.05, 0) is 42.3 Å². The molecule has 1 aliphatic heterocycles. The fourth-order valence-electron chi connectivity index (χ4n) is 3.52. The number of aromatic nitrogens is 2. The van der Waals surface area contributed by atoms with E-state index >= 15 is 0 Å². The normalized spacial score (nSPS) is 16.5. The molecular weight excluding hydrogens is 362 g/mol. The van der Waals surface area contributed by atoms with Crippen LogP contribution in [0.15, 0.2) is 65.7 Å². The Balaban J connectivity index is 1.54. The predicted molar refractivity (Wildman–Crippen MR) is 105 cm³/mol. The van der Waals surface area contributed by atoms with Gasteiger partial charge in [-0.15, -0.1) is 0 Å². The second kappa shape index (κ2) is 7.37. The van der Waals surface area contributed by atoms with Crippen molar-refractivity contribution in [2.75, 3.05) is 13.1 Å². The number of H-pyrrole nitrogens is 1. The third kappa shape index (κ3) is 3.51. The molecule has 1 N–H and O–H groups in total. The zero-order chi connectivity index (χ0) is 18.8. The van der Waals surface area contributed by atoms with Crippen LogP contribution in [0, 0.1) is 0 Å². The van der Waals surface area contributed by atoms with Crippen molar-refractivity contribution in [1.82, 2.24) is 14.9 Å². The first-order chi connectivity index (χ1) is 13.1. The number of pyridine rings is 2. The maximum atomic E-state index is 12.8. The maximum Gasteiger partial charge on any atom is 0.261 e. The number of benzene rings is 1. The summed E-state index contributed by atoms with van der Waals surface area (Å²) in [6.45, 7) is 1.17. The Hall–Kier alpha value is -2.92. The molecule has 0 aliphatic carbocycles. The molecule has 136 valence electrons. The zero-order valence-corrected chi connectivity index (χ0v) is 15.3. The minimum atomic E-state index is -0.379. The number of aromatic amines is 1. The second-order valence-corrected chi connectivity index (χ2v) is 7.02. The van der Waals surface area contributed by atoms with Gasteiger partial charge in [0.15, 0.2) is 0 Å². The molecule has 1 atom stereocenters. The van der Waals surface area contributed by atoms with Crippen molar-refractivity contribution in [3.63, 3.8) is 0 Å². The summed E-state index contributed by atoms with van der Waals surface area (Å²) in [5.41, 5.74) is 2.34. The molecule has 1 amide bonds. The highest BCUT2D eigenvalue weighted by molar-refractivity contribution is 6.31. The number of nitrogens with one attached hydrogen (secondary N) is 1. The van der Waals surface area contributed by atoms with Gasteiger partial charge in [-0.3, -0.25) is 14.6 Å². The summed E-state index contributed by atoms with van der Waals surface area (Å²) in [6, 6.07) is 14.7. The molecule has 1 saturated heterocycles. The van der Waals surface area contributed by atoms with Gasteiger partial charge in [-0.1, -0.05) is 29.8 Å². The van der Waals surface area contributed by atoms with Crippen LogP contribution in [0.5, 0.6) is 0 Å². The number of amides is 1. The van der Waals surface area contributed by atoms with Gasteiger partial charge >= 0.3 is 0 Å². The summed E-state index contributed by atoms with van der Waals surface area (Å²) in [5, 5.41) is 0.719. The third-order valence-electron chi connectivity index (χ3n) is 4.95. The van der Waals surface area contributed by atoms with Gasteiger partial charge in [0.05, 0.1) is 0 Å². The Morgan fingerprint density at radius 3 is 2.63 bits per heavy atom. The molecule has 1 fully saturated rings. The van der Waals surface area contributed by atoms with E-state index in [-0.39, 0.29) is 22.9 Å². The van der Waals surface area contributed by atoms with Crippen LogP contribution in [0.3, 0.4) is 0 Å². The zero-order valence-electron chi connectivity index (χ0n) is 14.6. The molecule has 0 spiro atoms. The van der Waals surface area contributed by atoms with Crippen LogP contribution in [0.25, 0.3) is 11.3 Å². The van der Waals surface area contributed by atoms with E-state index in [1.165, 1.54) is 0 Å². The van der Waals surface area contributed by atoms with E-state index in [4.69, 9.17) is 11.6 Å². The van der Waals surface area contributed by atoms with E-state index in [0.29, 0.717) is 18.8 Å². The molecule has 27 heavy (non-hydrogen) atoms. The number of likely N-dealkylation sites (tertiary alicyclic amines) is 1. The van der Waals surface area contributed by atoms with E-state index in [9.17, 15) is 9.59 Å². The van der Waals surface area contributed by atoms with Crippen molar-refractivity contribution in [2.45, 2.75) is 12.3 Å². The summed E-state index contributed by atoms with van der Waals surface area (Å²) < 4.78 is 0. The van der Waals surface area contributed by atoms with Crippen molar-refractivity contribution in [3.05, 3.63) is 87.4 Å². The number of rotatable bonds is 3. The van der Waals surface area contributed by atoms with Crippen molar-refractivity contribution in [1.29, 1.82) is 0 Å². The average molecular weight is 380 g/mol. The van der Waals surface area contributed by atoms with Crippen molar-refractivity contribution in [2.24, 2.45) is 0 Å². The van der Waals surface area contributed by atoms with Crippen molar-refractivity contribution < 1.29 is 4.79 Å². The van der Waals surface area contributed by atoms with Gasteiger partial charge in [-0.2, -0.15) is 0 Å². The molecule has 3 aromatic rings. The highest BCUT2D eigenvalue weighted by Gasteiger charge is 2.30. The Bertz CT molecular complexity index is 1030. The largest absolute Gasteiger partial charge is 0.338 e. The number of halogens is 1. The molecule has 4 rings (SSSR count). The molecule has 2 aromatic heterocycles. The van der Waals surface area contributed by atoms with E-state index in [1.807, 2.05) is 24.3 Å². The van der Waals surface area contributed by atoms with Crippen molar-refractivity contribution in [3.8, 4) is 11.3 Å². The summed E-state index contributed by atoms with van der Waals surface area (Å²) >= 11 is 6.29. The quantitative estimate of drug-likeness (QED) is 0.754. The second-order valence-electron chi connectivity index (χ2n) is 6.61. The first-order valence-electron chi connectivity index (χ1n) is 8.81. The Morgan fingerprint density at radius 2 is 1.89 bits per heavy atom. The molecule has 0 saturated carbocycles. The summed E-state index contributed by atoms with van der Waals surface area (Å²) in [6.07, 6.45) is 4.15. The van der Waals surface area contributed by atoms with E-state index in [1.54, 1.807) is 41.6 Å². The number of nitrogens with zero attached hydrogens (tertiary/aromatic N) is 2. The molecule has 1 aromatic carbocycles. The highest BCUT2D eigenvalue weighted by atomic mass is 35.5. The average Bonchev–Trinajstić information content (AvgIpc) is 3.18. The predicted octanol–water partition coefficient (Wildman–Crippen LogP) is 3.72. The standard InChI is InChI=1S/C21H18ClN3O2/c22-18-4-2-1-3-16(18)15-9-12-25(13-15)21(27)17-5-6-19(24-20(17)26)14-7-10-23-11-8-14/h1-8,10-11,15H,9,12-13H2,(H,24,26)/t15-/m1/s1. The van der Waals surface area contributed by atoms with Gasteiger partial charge in [-0.25, -0.2) is 0 Å². The number of hydrogen-bond donors (Lipinski definition) is 1. The summed E-state index contributed by atoms with van der Waals surface area (Å²) in [7, 11) is 0. The molecule has 6 heteroatoms. The Kier molecular flexibility index (Phi) is 4.77. The fourth-order valence-corrected chi connectivity index (χ4v) is 3.81. The van der Waals surface area contributed by atoms with Crippen LogP contribution in [0.4, 0.5) is 0 Å². The molecule has 5 nitrogen and oxygen atoms in total. The highest BCUT2D eigenvalue weighted by Crippen LogP contribution is 2.32. The monoisotopic (exact) mass is 379 g/mol. The lowest BCUT2D eigenvalue weighted by atomic mass is 9.98. The maximum absolute atomic E-state index is 12.8. The van der Waals surface area contributed by atoms with E-state index < -0.39 is 0 Å². The fraction of sp³-hybridized carbons (Fsp3) is 0.190. The Morgan fingerprint density at radius 1 is 1.11 bits per heavy atom. The number of hydrogen-bond acceptors (Lipinski definition) is 3. The van der Waals surface area contributed by atoms with Crippen LogP contribution in [0.1, 0.15) is 28.3 Å². The molecule has 0 unspecified atom stereocenters. The lowest BCUT2D eigenvalue weighted by molar-refractivity contribution is 0.0789. The van der Waals surface area contributed by atoms with Crippen molar-refractivity contribution >= 4 is 17.5 Å². The summed E-state index contributed by atoms with van der Waals surface area (Å²) in [4.78, 5) is 33.8. The van der Waals surface area contributed by atoms with Crippen LogP contribution in [-0.4, -0.2) is 33.9 Å². The SMILES string of the molecule is O=C(c1ccc(-c2ccncc2)[nH]c1=O)N1CC[C@@H](c2ccccc2Cl)C1. The third-order valence-corrected chi connectivity index (χ3v) is 5.30. The van der Waals surface area contributed by atoms with Gasteiger partial charge in [0.25, 0.3) is 11.5 Å². The number of carbonyl (C=O) groups excluding carboxylic acids is 1. The topological polar surface area (TPSA) is 66.1 Å². The Labute approximate surface area is 161 Å². The molecular formula is C21H18ClN3O2. The smallest absolute Gasteiger partial charge is 0.261 e. The van der Waals surface area contributed by atoms with E-state index in [2.05, 4.69) is 9.97 Å². The lowest BCUT2D eigenvalue weighted by Crippen LogP contribution is -2.33. The van der Waals surface area contributed by atoms with Crippen LogP contribution in [-0.2, 0) is 0 Å². The summed E-state index contributed by atoms with van der Waals surface area (Å²) in [5.74, 6) is -0.0510. The number of carbonyl (C=O) groups is 1. The molecule has 1 aliphatic rings. The molecule has 0 bridgehead atoms. The van der Waals surface area contributed by atoms with Crippen LogP contribution in [0.2, 0.25) is 5.02 Å². The van der Waals surface area contributed by atoms with Gasteiger partial charge in [0.2, 0.25) is 0 Å². The molecule has 0 radical (unpaired) electrons. The van der Waals surface area contributed by atoms with E-state index in [0.717, 1.165) is 22.6 Å². The first-order valence-corrected chi connectivity index (χ1v) is 9.18. The van der Waals surface area contributed by atoms with Gasteiger partial charge < -0.3 is 9.88 Å². The van der Waals surface area contributed by atoms with Gasteiger partial charge in [0.1, 0.15) is 5.56 Å². The minimum absolute atomic E-state index is 0.160. The minimum Gasteiger partial charge on any atom is -0.338 e. The van der Waals surface area contributed by atoms with Crippen LogP contribution >= 0.6 is 11.6 Å². The first kappa shape index (κ1) is 17.5. The lowest BCUT2D eigenvalue weighted by Gasteiger charge is -2.17. The van der Waals surface area contributed by atoms with Gasteiger partial charge in [0, 0.05) is 47.7 Å². The van der Waals surface area contributed by atoms with Crippen LogP contribution < -0.4 is 5.56 Å².